The molecule has 146 valence electrons. The summed E-state index contributed by atoms with van der Waals surface area (Å²) in [6, 6.07) is 8.17. The first kappa shape index (κ1) is 20.8. The Balaban J connectivity index is 2.09. The highest BCUT2D eigenvalue weighted by atomic mass is 32.2. The van der Waals surface area contributed by atoms with Crippen LogP contribution in [0, 0.1) is 5.82 Å². The molecule has 0 aliphatic heterocycles. The summed E-state index contributed by atoms with van der Waals surface area (Å²) in [7, 11) is -4.44. The van der Waals surface area contributed by atoms with E-state index in [4.69, 9.17) is 0 Å². The number of hydrogen-bond donors (Lipinski definition) is 2. The number of benzene rings is 2. The Morgan fingerprint density at radius 1 is 1.11 bits per heavy atom. The molecule has 2 aromatic carbocycles. The molecule has 0 aromatic heterocycles. The van der Waals surface area contributed by atoms with Crippen LogP contribution in [0.5, 0.6) is 0 Å². The quantitative estimate of drug-likeness (QED) is 0.726. The Bertz CT molecular complexity index is 943. The molecule has 0 radical (unpaired) electrons. The van der Waals surface area contributed by atoms with Crippen molar-refractivity contribution in [1.29, 1.82) is 0 Å². The average molecular weight is 404 g/mol. The fourth-order valence-electron chi connectivity index (χ4n) is 2.21. The summed E-state index contributed by atoms with van der Waals surface area (Å²) in [6.45, 7) is 1.23. The molecule has 0 aliphatic carbocycles. The number of aryl methyl sites for hydroxylation is 1. The second kappa shape index (κ2) is 8.05. The number of sulfonamides is 1. The number of amides is 1. The van der Waals surface area contributed by atoms with E-state index in [2.05, 4.69) is 5.32 Å². The fourth-order valence-corrected chi connectivity index (χ4v) is 3.21. The molecule has 2 aromatic rings. The number of nitrogens with one attached hydrogen (secondary N) is 2. The van der Waals surface area contributed by atoms with Gasteiger partial charge in [0.25, 0.3) is 0 Å². The summed E-state index contributed by atoms with van der Waals surface area (Å²) in [4.78, 5) is 11.1. The van der Waals surface area contributed by atoms with Gasteiger partial charge < -0.3 is 5.32 Å². The van der Waals surface area contributed by atoms with Gasteiger partial charge in [-0.25, -0.2) is 17.5 Å². The van der Waals surface area contributed by atoms with E-state index in [9.17, 15) is 30.8 Å². The molecule has 2 rings (SSSR count). The average Bonchev–Trinajstić information content (AvgIpc) is 2.59. The van der Waals surface area contributed by atoms with E-state index in [1.54, 1.807) is 18.2 Å². The maximum atomic E-state index is 13.3. The van der Waals surface area contributed by atoms with Crippen LogP contribution in [-0.2, 0) is 27.4 Å². The fraction of sp³-hybridized carbons (Fsp3) is 0.235. The van der Waals surface area contributed by atoms with Gasteiger partial charge in [0.05, 0.1) is 17.0 Å². The molecule has 0 aliphatic rings. The highest BCUT2D eigenvalue weighted by Gasteiger charge is 2.35. The first-order valence-electron chi connectivity index (χ1n) is 7.78. The maximum absolute atomic E-state index is 13.3. The van der Waals surface area contributed by atoms with Gasteiger partial charge in [0.15, 0.2) is 0 Å². The highest BCUT2D eigenvalue weighted by molar-refractivity contribution is 7.89. The molecule has 10 heteroatoms. The van der Waals surface area contributed by atoms with E-state index in [0.717, 1.165) is 12.0 Å². The lowest BCUT2D eigenvalue weighted by Gasteiger charge is -2.11. The van der Waals surface area contributed by atoms with Crippen molar-refractivity contribution in [3.05, 3.63) is 59.4 Å². The third-order valence-corrected chi connectivity index (χ3v) is 4.99. The molecular weight excluding hydrogens is 388 g/mol. The Hall–Kier alpha value is -2.46. The predicted octanol–water partition coefficient (Wildman–Crippen LogP) is 3.32. The van der Waals surface area contributed by atoms with Crippen LogP contribution in [0.2, 0.25) is 0 Å². The van der Waals surface area contributed by atoms with Crippen LogP contribution in [-0.4, -0.2) is 20.9 Å². The van der Waals surface area contributed by atoms with Gasteiger partial charge in [0.1, 0.15) is 5.82 Å². The van der Waals surface area contributed by atoms with Crippen molar-refractivity contribution >= 4 is 21.6 Å². The van der Waals surface area contributed by atoms with Gasteiger partial charge >= 0.3 is 6.18 Å². The molecule has 0 heterocycles. The molecule has 0 atom stereocenters. The third-order valence-electron chi connectivity index (χ3n) is 3.60. The van der Waals surface area contributed by atoms with Gasteiger partial charge in [-0.3, -0.25) is 4.79 Å². The summed E-state index contributed by atoms with van der Waals surface area (Å²) in [5.41, 5.74) is -0.287. The number of anilines is 1. The van der Waals surface area contributed by atoms with Crippen molar-refractivity contribution in [3.63, 3.8) is 0 Å². The lowest BCUT2D eigenvalue weighted by molar-refractivity contribution is -0.140. The Labute approximate surface area is 153 Å². The largest absolute Gasteiger partial charge is 0.419 e. The molecule has 0 saturated heterocycles. The minimum absolute atomic E-state index is 0.181. The number of halogens is 4. The second-order valence-corrected chi connectivity index (χ2v) is 7.33. The van der Waals surface area contributed by atoms with Crippen molar-refractivity contribution in [1.82, 2.24) is 4.72 Å². The second-order valence-electron chi connectivity index (χ2n) is 5.57. The van der Waals surface area contributed by atoms with Gasteiger partial charge in [-0.15, -0.1) is 0 Å². The van der Waals surface area contributed by atoms with Gasteiger partial charge in [0, 0.05) is 5.69 Å². The predicted molar refractivity (Wildman–Crippen MR) is 91.0 cm³/mol. The number of carbonyl (C=O) groups excluding carboxylic acids is 1. The standard InChI is InChI=1S/C17H16F4N2O3S/c1-2-11-4-3-5-12(8-11)23-16(24)10-22-27(25,26)13-6-7-15(18)14(9-13)17(19,20)21/h3-9,22H,2,10H2,1H3,(H,23,24). The first-order chi connectivity index (χ1) is 12.5. The number of rotatable bonds is 6. The Kier molecular flexibility index (Phi) is 6.22. The van der Waals surface area contributed by atoms with Gasteiger partial charge in [-0.2, -0.15) is 13.2 Å². The Morgan fingerprint density at radius 3 is 2.44 bits per heavy atom. The van der Waals surface area contributed by atoms with E-state index in [0.29, 0.717) is 17.8 Å². The van der Waals surface area contributed by atoms with Gasteiger partial charge in [-0.1, -0.05) is 19.1 Å². The van der Waals surface area contributed by atoms with Crippen LogP contribution in [0.4, 0.5) is 23.2 Å². The number of carbonyl (C=O) groups is 1. The van der Waals surface area contributed by atoms with Crippen LogP contribution < -0.4 is 10.0 Å². The van der Waals surface area contributed by atoms with Crippen molar-refractivity contribution < 1.29 is 30.8 Å². The summed E-state index contributed by atoms with van der Waals surface area (Å²) >= 11 is 0. The topological polar surface area (TPSA) is 75.3 Å². The highest BCUT2D eigenvalue weighted by Crippen LogP contribution is 2.32. The number of alkyl halides is 3. The van der Waals surface area contributed by atoms with Crippen LogP contribution in [0.15, 0.2) is 47.4 Å². The van der Waals surface area contributed by atoms with Crippen LogP contribution in [0.3, 0.4) is 0 Å². The lowest BCUT2D eigenvalue weighted by Crippen LogP contribution is -2.33. The van der Waals surface area contributed by atoms with E-state index >= 15 is 0 Å². The van der Waals surface area contributed by atoms with E-state index in [-0.39, 0.29) is 6.07 Å². The van der Waals surface area contributed by atoms with Crippen molar-refractivity contribution in [2.45, 2.75) is 24.4 Å². The molecule has 27 heavy (non-hydrogen) atoms. The minimum atomic E-state index is -5.04. The lowest BCUT2D eigenvalue weighted by atomic mass is 10.1. The molecule has 0 spiro atoms. The van der Waals surface area contributed by atoms with Crippen LogP contribution in [0.25, 0.3) is 0 Å². The molecule has 0 bridgehead atoms. The van der Waals surface area contributed by atoms with E-state index in [1.807, 2.05) is 17.7 Å². The summed E-state index contributed by atoms with van der Waals surface area (Å²) in [6.07, 6.45) is -4.31. The first-order valence-corrected chi connectivity index (χ1v) is 9.26. The zero-order chi connectivity index (χ0) is 20.2. The third kappa shape index (κ3) is 5.51. The van der Waals surface area contributed by atoms with Crippen molar-refractivity contribution in [2.75, 3.05) is 11.9 Å². The van der Waals surface area contributed by atoms with Gasteiger partial charge in [-0.05, 0) is 42.3 Å². The summed E-state index contributed by atoms with van der Waals surface area (Å²) in [5.74, 6) is -2.29. The zero-order valence-corrected chi connectivity index (χ0v) is 14.9. The maximum Gasteiger partial charge on any atom is 0.419 e. The molecular formula is C17H16F4N2O3S. The summed E-state index contributed by atoms with van der Waals surface area (Å²) in [5, 5.41) is 2.48. The van der Waals surface area contributed by atoms with Crippen LogP contribution >= 0.6 is 0 Å². The zero-order valence-electron chi connectivity index (χ0n) is 14.1. The monoisotopic (exact) mass is 404 g/mol. The van der Waals surface area contributed by atoms with Gasteiger partial charge in [0.2, 0.25) is 15.9 Å². The number of hydrogen-bond acceptors (Lipinski definition) is 3. The minimum Gasteiger partial charge on any atom is -0.325 e. The van der Waals surface area contributed by atoms with Crippen molar-refractivity contribution in [3.8, 4) is 0 Å². The molecule has 0 saturated carbocycles. The molecule has 1 amide bonds. The normalized spacial score (nSPS) is 12.0. The molecule has 5 nitrogen and oxygen atoms in total. The van der Waals surface area contributed by atoms with Crippen LogP contribution in [0.1, 0.15) is 18.1 Å². The Morgan fingerprint density at radius 2 is 1.81 bits per heavy atom. The molecule has 0 fully saturated rings. The smallest absolute Gasteiger partial charge is 0.325 e. The van der Waals surface area contributed by atoms with E-state index in [1.165, 1.54) is 0 Å². The van der Waals surface area contributed by atoms with E-state index < -0.39 is 44.9 Å². The molecule has 2 N–H and O–H groups in total. The SMILES string of the molecule is CCc1cccc(NC(=O)CNS(=O)(=O)c2ccc(F)c(C(F)(F)F)c2)c1. The summed E-state index contributed by atoms with van der Waals surface area (Å²) < 4.78 is 77.5. The van der Waals surface area contributed by atoms with Crippen molar-refractivity contribution in [2.24, 2.45) is 0 Å². The molecule has 0 unspecified atom stereocenters.